The van der Waals surface area contributed by atoms with Gasteiger partial charge in [0.1, 0.15) is 5.82 Å². The summed E-state index contributed by atoms with van der Waals surface area (Å²) >= 11 is 3.39. The number of aryl methyl sites for hydroxylation is 1. The van der Waals surface area contributed by atoms with Crippen LogP contribution >= 0.6 is 15.9 Å². The van der Waals surface area contributed by atoms with Crippen LogP contribution in [0.5, 0.6) is 0 Å². The van der Waals surface area contributed by atoms with E-state index in [9.17, 15) is 9.18 Å². The highest BCUT2D eigenvalue weighted by atomic mass is 79.9. The van der Waals surface area contributed by atoms with E-state index in [0.717, 1.165) is 21.3 Å². The van der Waals surface area contributed by atoms with Gasteiger partial charge >= 0.3 is 0 Å². The summed E-state index contributed by atoms with van der Waals surface area (Å²) in [7, 11) is 0. The molecule has 0 bridgehead atoms. The van der Waals surface area contributed by atoms with Gasteiger partial charge in [0.2, 0.25) is 0 Å². The number of ketones is 1. The number of pyridine rings is 1. The van der Waals surface area contributed by atoms with Crippen LogP contribution in [0.25, 0.3) is 11.1 Å². The molecule has 0 unspecified atom stereocenters. The van der Waals surface area contributed by atoms with Gasteiger partial charge in [0.25, 0.3) is 0 Å². The molecular formula is C25H27BrFNO. The van der Waals surface area contributed by atoms with Gasteiger partial charge in [0.15, 0.2) is 5.78 Å². The van der Waals surface area contributed by atoms with Gasteiger partial charge in [-0.15, -0.1) is 0 Å². The number of nitrogens with zero attached hydrogens (tertiary/aromatic N) is 1. The fraction of sp³-hybridized carbons (Fsp3) is 0.200. The molecule has 0 aliphatic heterocycles. The summed E-state index contributed by atoms with van der Waals surface area (Å²) in [5.74, 6) is 0.437. The molecule has 3 rings (SSSR count). The van der Waals surface area contributed by atoms with E-state index < -0.39 is 0 Å². The molecule has 2 nitrogen and oxygen atoms in total. The topological polar surface area (TPSA) is 30.0 Å². The number of benzene rings is 2. The second kappa shape index (κ2) is 12.8. The third-order valence-corrected chi connectivity index (χ3v) is 4.44. The van der Waals surface area contributed by atoms with E-state index >= 15 is 0 Å². The molecule has 0 saturated carbocycles. The molecule has 1 heterocycles. The zero-order chi connectivity index (χ0) is 21.8. The van der Waals surface area contributed by atoms with E-state index in [0.29, 0.717) is 5.92 Å². The molecule has 0 spiro atoms. The highest BCUT2D eigenvalue weighted by molar-refractivity contribution is 9.10. The first-order valence-corrected chi connectivity index (χ1v) is 10.1. The fourth-order valence-corrected chi connectivity index (χ4v) is 2.39. The highest BCUT2D eigenvalue weighted by Crippen LogP contribution is 2.18. The van der Waals surface area contributed by atoms with Crippen molar-refractivity contribution >= 4 is 21.7 Å². The maximum Gasteiger partial charge on any atom is 0.152 e. The molecule has 29 heavy (non-hydrogen) atoms. The summed E-state index contributed by atoms with van der Waals surface area (Å²) < 4.78 is 13.8. The Morgan fingerprint density at radius 3 is 1.93 bits per heavy atom. The van der Waals surface area contributed by atoms with Gasteiger partial charge in [-0.3, -0.25) is 9.78 Å². The molecule has 0 radical (unpaired) electrons. The minimum Gasteiger partial charge on any atom is -0.295 e. The summed E-state index contributed by atoms with van der Waals surface area (Å²) in [4.78, 5) is 13.9. The zero-order valence-electron chi connectivity index (χ0n) is 17.3. The Hall–Kier alpha value is -2.59. The van der Waals surface area contributed by atoms with Crippen molar-refractivity contribution in [2.45, 2.75) is 33.6 Å². The second-order valence-electron chi connectivity index (χ2n) is 6.72. The van der Waals surface area contributed by atoms with Crippen LogP contribution in [0.1, 0.15) is 37.9 Å². The number of carbonyl (C=O) groups is 1. The third kappa shape index (κ3) is 9.95. The van der Waals surface area contributed by atoms with E-state index in [4.69, 9.17) is 0 Å². The molecule has 2 aromatic carbocycles. The van der Waals surface area contributed by atoms with E-state index in [-0.39, 0.29) is 11.6 Å². The van der Waals surface area contributed by atoms with Crippen molar-refractivity contribution in [2.24, 2.45) is 0 Å². The van der Waals surface area contributed by atoms with Crippen LogP contribution < -0.4 is 0 Å². The molecule has 0 atom stereocenters. The van der Waals surface area contributed by atoms with Crippen LogP contribution in [0.3, 0.4) is 0 Å². The minimum atomic E-state index is -0.214. The second-order valence-corrected chi connectivity index (χ2v) is 7.63. The third-order valence-electron chi connectivity index (χ3n) is 3.91. The minimum absolute atomic E-state index is 0.0185. The summed E-state index contributed by atoms with van der Waals surface area (Å²) in [6.07, 6.45) is 3.07. The smallest absolute Gasteiger partial charge is 0.152 e. The van der Waals surface area contributed by atoms with Crippen LogP contribution in [-0.2, 0) is 4.79 Å². The quantitative estimate of drug-likeness (QED) is 0.381. The largest absolute Gasteiger partial charge is 0.295 e. The molecule has 0 aliphatic carbocycles. The van der Waals surface area contributed by atoms with E-state index in [1.165, 1.54) is 30.7 Å². The lowest BCUT2D eigenvalue weighted by Crippen LogP contribution is -1.84. The SMILES string of the molecule is C=CC(C)=O.CC(C)c1ccc(Br)cc1.Cc1ccc(-c2ccc(F)cc2)cn1. The number of halogens is 2. The Labute approximate surface area is 181 Å². The molecule has 0 amide bonds. The number of hydrogen-bond acceptors (Lipinski definition) is 2. The van der Waals surface area contributed by atoms with Gasteiger partial charge in [-0.2, -0.15) is 0 Å². The normalized spacial score (nSPS) is 9.62. The Morgan fingerprint density at radius 2 is 1.52 bits per heavy atom. The van der Waals surface area contributed by atoms with Gasteiger partial charge in [-0.25, -0.2) is 4.39 Å². The summed E-state index contributed by atoms with van der Waals surface area (Å²) in [6, 6.07) is 18.8. The van der Waals surface area contributed by atoms with E-state index in [1.54, 1.807) is 18.3 Å². The van der Waals surface area contributed by atoms with Gasteiger partial charge in [0.05, 0.1) is 0 Å². The molecule has 1 aromatic heterocycles. The number of allylic oxidation sites excluding steroid dienone is 1. The van der Waals surface area contributed by atoms with Crippen LogP contribution in [0.4, 0.5) is 4.39 Å². The number of aromatic nitrogens is 1. The van der Waals surface area contributed by atoms with Crippen molar-refractivity contribution in [3.8, 4) is 11.1 Å². The molecule has 0 fully saturated rings. The predicted octanol–water partition coefficient (Wildman–Crippen LogP) is 7.53. The van der Waals surface area contributed by atoms with Crippen LogP contribution in [-0.4, -0.2) is 10.8 Å². The average Bonchev–Trinajstić information content (AvgIpc) is 2.70. The average molecular weight is 456 g/mol. The van der Waals surface area contributed by atoms with Gasteiger partial charge in [-0.05, 0) is 67.3 Å². The number of carbonyl (C=O) groups excluding carboxylic acids is 1. The zero-order valence-corrected chi connectivity index (χ0v) is 18.9. The molecule has 0 saturated heterocycles. The lowest BCUT2D eigenvalue weighted by Gasteiger charge is -2.03. The Bertz CT molecular complexity index is 842. The maximum absolute atomic E-state index is 12.7. The molecular weight excluding hydrogens is 429 g/mol. The van der Waals surface area contributed by atoms with Gasteiger partial charge < -0.3 is 0 Å². The Morgan fingerprint density at radius 1 is 1.00 bits per heavy atom. The van der Waals surface area contributed by atoms with E-state index in [1.807, 2.05) is 19.1 Å². The van der Waals surface area contributed by atoms with Crippen molar-refractivity contribution < 1.29 is 9.18 Å². The first kappa shape index (κ1) is 24.4. The number of rotatable bonds is 3. The van der Waals surface area contributed by atoms with Crippen molar-refractivity contribution in [3.05, 3.63) is 101 Å². The first-order chi connectivity index (χ1) is 13.7. The van der Waals surface area contributed by atoms with Crippen molar-refractivity contribution in [3.63, 3.8) is 0 Å². The summed E-state index contributed by atoms with van der Waals surface area (Å²) in [5.41, 5.74) is 4.37. The standard InChI is InChI=1S/C12H10FN.C9H11Br.C4H6O/c1-9-2-3-11(8-14-9)10-4-6-12(13)7-5-10;1-7(2)8-3-5-9(10)6-4-8;1-3-4(2)5/h2-8H,1H3;3-7H,1-2H3;3H,1H2,2H3. The van der Waals surface area contributed by atoms with E-state index in [2.05, 4.69) is 65.6 Å². The lowest BCUT2D eigenvalue weighted by molar-refractivity contribution is -0.112. The van der Waals surface area contributed by atoms with Crippen molar-refractivity contribution in [1.82, 2.24) is 4.98 Å². The predicted molar refractivity (Wildman–Crippen MR) is 123 cm³/mol. The Kier molecular flexibility index (Phi) is 10.8. The monoisotopic (exact) mass is 455 g/mol. The van der Waals surface area contributed by atoms with Crippen LogP contribution in [0.15, 0.2) is 84.0 Å². The molecule has 0 aliphatic rings. The Balaban J connectivity index is 0.000000245. The molecule has 3 aromatic rings. The van der Waals surface area contributed by atoms with Gasteiger partial charge in [0, 0.05) is 21.9 Å². The highest BCUT2D eigenvalue weighted by Gasteiger charge is 1.97. The van der Waals surface area contributed by atoms with Gasteiger partial charge in [-0.1, -0.05) is 66.7 Å². The van der Waals surface area contributed by atoms with Crippen LogP contribution in [0.2, 0.25) is 0 Å². The lowest BCUT2D eigenvalue weighted by atomic mass is 10.0. The maximum atomic E-state index is 12.7. The number of hydrogen-bond donors (Lipinski definition) is 0. The van der Waals surface area contributed by atoms with Crippen molar-refractivity contribution in [2.75, 3.05) is 0 Å². The van der Waals surface area contributed by atoms with Crippen LogP contribution in [0, 0.1) is 12.7 Å². The first-order valence-electron chi connectivity index (χ1n) is 9.30. The summed E-state index contributed by atoms with van der Waals surface area (Å²) in [5, 5.41) is 0. The molecule has 0 N–H and O–H groups in total. The van der Waals surface area contributed by atoms with Crippen molar-refractivity contribution in [1.29, 1.82) is 0 Å². The molecule has 4 heteroatoms. The molecule has 152 valence electrons. The fourth-order valence-electron chi connectivity index (χ4n) is 2.13. The summed E-state index contributed by atoms with van der Waals surface area (Å²) in [6.45, 7) is 11.0.